The Balaban J connectivity index is 3.00. The molecule has 1 rings (SSSR count). The highest BCUT2D eigenvalue weighted by molar-refractivity contribution is 5.01. The lowest BCUT2D eigenvalue weighted by atomic mass is 10.00. The van der Waals surface area contributed by atoms with E-state index in [9.17, 15) is 0 Å². The van der Waals surface area contributed by atoms with Crippen LogP contribution in [0.3, 0.4) is 0 Å². The van der Waals surface area contributed by atoms with Crippen molar-refractivity contribution in [2.45, 2.75) is 39.3 Å². The maximum Gasteiger partial charge on any atom is 0.152 e. The molecule has 0 amide bonds. The molecular weight excluding hydrogens is 152 g/mol. The third-order valence-electron chi connectivity index (χ3n) is 2.20. The molecule has 0 saturated carbocycles. The van der Waals surface area contributed by atoms with E-state index < -0.39 is 0 Å². The van der Waals surface area contributed by atoms with E-state index in [4.69, 9.17) is 5.73 Å². The zero-order valence-electron chi connectivity index (χ0n) is 7.91. The van der Waals surface area contributed by atoms with Gasteiger partial charge in [-0.25, -0.2) is 0 Å². The molecule has 1 unspecified atom stereocenters. The van der Waals surface area contributed by atoms with Gasteiger partial charge < -0.3 is 10.3 Å². The highest BCUT2D eigenvalue weighted by atomic mass is 15.3. The molecule has 2 N–H and O–H groups in total. The maximum absolute atomic E-state index is 6.03. The molecule has 0 spiro atoms. The van der Waals surface area contributed by atoms with Gasteiger partial charge in [0.2, 0.25) is 0 Å². The minimum atomic E-state index is -0.355. The Labute approximate surface area is 72.8 Å². The van der Waals surface area contributed by atoms with Crippen LogP contribution < -0.4 is 5.73 Å². The van der Waals surface area contributed by atoms with Crippen LogP contribution in [0.5, 0.6) is 0 Å². The summed E-state index contributed by atoms with van der Waals surface area (Å²) in [5.41, 5.74) is 5.68. The molecule has 1 aromatic heterocycles. The van der Waals surface area contributed by atoms with E-state index in [2.05, 4.69) is 24.0 Å². The summed E-state index contributed by atoms with van der Waals surface area (Å²) >= 11 is 0. The summed E-state index contributed by atoms with van der Waals surface area (Å²) < 4.78 is 1.98. The average Bonchev–Trinajstić information content (AvgIpc) is 2.52. The van der Waals surface area contributed by atoms with Gasteiger partial charge in [0.1, 0.15) is 6.33 Å². The van der Waals surface area contributed by atoms with Crippen LogP contribution in [0, 0.1) is 0 Å². The summed E-state index contributed by atoms with van der Waals surface area (Å²) in [6, 6.07) is 0. The van der Waals surface area contributed by atoms with Gasteiger partial charge in [0, 0.05) is 6.54 Å². The first-order valence-electron chi connectivity index (χ1n) is 4.29. The molecule has 1 heterocycles. The Morgan fingerprint density at radius 2 is 2.25 bits per heavy atom. The smallest absolute Gasteiger partial charge is 0.152 e. The van der Waals surface area contributed by atoms with Crippen molar-refractivity contribution in [1.29, 1.82) is 0 Å². The Hall–Kier alpha value is -0.900. The minimum Gasteiger partial charge on any atom is -0.319 e. The SMILES string of the molecule is CCn1cnnc1C(C)(N)CC. The molecule has 0 bridgehead atoms. The number of aryl methyl sites for hydroxylation is 1. The largest absolute Gasteiger partial charge is 0.319 e. The fraction of sp³-hybridized carbons (Fsp3) is 0.750. The highest BCUT2D eigenvalue weighted by Gasteiger charge is 2.24. The van der Waals surface area contributed by atoms with Crippen LogP contribution in [0.25, 0.3) is 0 Å². The van der Waals surface area contributed by atoms with E-state index in [0.29, 0.717) is 0 Å². The number of nitrogens with two attached hydrogens (primary N) is 1. The summed E-state index contributed by atoms with van der Waals surface area (Å²) in [6.45, 7) is 6.95. The van der Waals surface area contributed by atoms with Crippen molar-refractivity contribution in [3.8, 4) is 0 Å². The predicted octanol–water partition coefficient (Wildman–Crippen LogP) is 0.882. The molecule has 12 heavy (non-hydrogen) atoms. The van der Waals surface area contributed by atoms with Gasteiger partial charge in [-0.2, -0.15) is 0 Å². The van der Waals surface area contributed by atoms with Gasteiger partial charge in [-0.3, -0.25) is 0 Å². The lowest BCUT2D eigenvalue weighted by molar-refractivity contribution is 0.422. The van der Waals surface area contributed by atoms with Crippen molar-refractivity contribution in [2.75, 3.05) is 0 Å². The second kappa shape index (κ2) is 3.23. The monoisotopic (exact) mass is 168 g/mol. The minimum absolute atomic E-state index is 0.355. The van der Waals surface area contributed by atoms with E-state index in [-0.39, 0.29) is 5.54 Å². The maximum atomic E-state index is 6.03. The summed E-state index contributed by atoms with van der Waals surface area (Å²) in [4.78, 5) is 0. The summed E-state index contributed by atoms with van der Waals surface area (Å²) in [7, 11) is 0. The van der Waals surface area contributed by atoms with Crippen molar-refractivity contribution in [2.24, 2.45) is 5.73 Å². The molecule has 68 valence electrons. The lowest BCUT2D eigenvalue weighted by Gasteiger charge is -2.21. The van der Waals surface area contributed by atoms with Gasteiger partial charge >= 0.3 is 0 Å². The van der Waals surface area contributed by atoms with E-state index >= 15 is 0 Å². The Morgan fingerprint density at radius 1 is 1.58 bits per heavy atom. The summed E-state index contributed by atoms with van der Waals surface area (Å²) in [5, 5.41) is 7.86. The van der Waals surface area contributed by atoms with Gasteiger partial charge in [-0.1, -0.05) is 6.92 Å². The first kappa shape index (κ1) is 9.19. The normalized spacial score (nSPS) is 16.0. The van der Waals surface area contributed by atoms with Crippen molar-refractivity contribution >= 4 is 0 Å². The van der Waals surface area contributed by atoms with Gasteiger partial charge in [0.15, 0.2) is 5.82 Å². The predicted molar refractivity (Wildman–Crippen MR) is 47.5 cm³/mol. The first-order valence-corrected chi connectivity index (χ1v) is 4.29. The van der Waals surface area contributed by atoms with Crippen molar-refractivity contribution < 1.29 is 0 Å². The fourth-order valence-electron chi connectivity index (χ4n) is 1.09. The summed E-state index contributed by atoms with van der Waals surface area (Å²) in [5.74, 6) is 0.868. The van der Waals surface area contributed by atoms with Gasteiger partial charge in [0.05, 0.1) is 5.54 Å². The molecule has 0 aliphatic rings. The van der Waals surface area contributed by atoms with Gasteiger partial charge in [0.25, 0.3) is 0 Å². The molecule has 4 nitrogen and oxygen atoms in total. The molecule has 0 aliphatic heterocycles. The Bertz CT molecular complexity index is 251. The topological polar surface area (TPSA) is 56.7 Å². The molecule has 1 aromatic rings. The number of rotatable bonds is 3. The first-order chi connectivity index (χ1) is 5.61. The summed E-state index contributed by atoms with van der Waals surface area (Å²) in [6.07, 6.45) is 2.59. The van der Waals surface area contributed by atoms with Crippen LogP contribution in [0.1, 0.15) is 33.0 Å². The van der Waals surface area contributed by atoms with Crippen LogP contribution in [0.2, 0.25) is 0 Å². The van der Waals surface area contributed by atoms with Crippen molar-refractivity contribution in [3.63, 3.8) is 0 Å². The van der Waals surface area contributed by atoms with Gasteiger partial charge in [-0.15, -0.1) is 10.2 Å². The number of hydrogen-bond acceptors (Lipinski definition) is 3. The third-order valence-corrected chi connectivity index (χ3v) is 2.20. The van der Waals surface area contributed by atoms with Crippen LogP contribution in [0.4, 0.5) is 0 Å². The number of aromatic nitrogens is 3. The zero-order valence-corrected chi connectivity index (χ0v) is 7.91. The second-order valence-electron chi connectivity index (χ2n) is 3.21. The molecule has 0 radical (unpaired) electrons. The van der Waals surface area contributed by atoms with Crippen LogP contribution >= 0.6 is 0 Å². The van der Waals surface area contributed by atoms with Crippen LogP contribution in [0.15, 0.2) is 6.33 Å². The van der Waals surface area contributed by atoms with E-state index in [1.165, 1.54) is 0 Å². The van der Waals surface area contributed by atoms with E-state index in [0.717, 1.165) is 18.8 Å². The molecule has 1 atom stereocenters. The standard InChI is InChI=1S/C8H16N4/c1-4-8(3,9)7-11-10-6-12(7)5-2/h6H,4-5,9H2,1-3H3. The number of nitrogens with zero attached hydrogens (tertiary/aromatic N) is 3. The average molecular weight is 168 g/mol. The highest BCUT2D eigenvalue weighted by Crippen LogP contribution is 2.18. The lowest BCUT2D eigenvalue weighted by Crippen LogP contribution is -2.35. The Kier molecular flexibility index (Phi) is 2.47. The fourth-order valence-corrected chi connectivity index (χ4v) is 1.09. The van der Waals surface area contributed by atoms with Crippen LogP contribution in [-0.4, -0.2) is 14.8 Å². The van der Waals surface area contributed by atoms with E-state index in [1.54, 1.807) is 6.33 Å². The number of hydrogen-bond donors (Lipinski definition) is 1. The molecule has 0 aliphatic carbocycles. The van der Waals surface area contributed by atoms with Crippen molar-refractivity contribution in [3.05, 3.63) is 12.2 Å². The Morgan fingerprint density at radius 3 is 2.75 bits per heavy atom. The third kappa shape index (κ3) is 1.48. The van der Waals surface area contributed by atoms with Crippen molar-refractivity contribution in [1.82, 2.24) is 14.8 Å². The van der Waals surface area contributed by atoms with Crippen LogP contribution in [-0.2, 0) is 12.1 Å². The van der Waals surface area contributed by atoms with Gasteiger partial charge in [-0.05, 0) is 20.3 Å². The second-order valence-corrected chi connectivity index (χ2v) is 3.21. The molecule has 4 heteroatoms. The molecular formula is C8H16N4. The molecule has 0 aromatic carbocycles. The quantitative estimate of drug-likeness (QED) is 0.729. The molecule has 0 fully saturated rings. The van der Waals surface area contributed by atoms with E-state index in [1.807, 2.05) is 11.5 Å². The zero-order chi connectivity index (χ0) is 9.19. The molecule has 0 saturated heterocycles.